The zero-order valence-electron chi connectivity index (χ0n) is 5.41. The molecule has 0 spiro atoms. The Morgan fingerprint density at radius 1 is 1.57 bits per heavy atom. The summed E-state index contributed by atoms with van der Waals surface area (Å²) >= 11 is 0. The first-order chi connectivity index (χ1) is 2.77. The third-order valence-electron chi connectivity index (χ3n) is 0.781. The van der Waals surface area contributed by atoms with E-state index in [2.05, 4.69) is 20.8 Å². The van der Waals surface area contributed by atoms with Gasteiger partial charge in [0, 0.05) is 19.5 Å². The first-order valence-corrected chi connectivity index (χ1v) is 2.60. The SMILES string of the molecule is [CH2-]C(C)CCC.[Zn]. The molecule has 1 heteroatoms. The van der Waals surface area contributed by atoms with Crippen LogP contribution in [0.15, 0.2) is 0 Å². The van der Waals surface area contributed by atoms with Gasteiger partial charge in [0.1, 0.15) is 0 Å². The predicted octanol–water partition coefficient (Wildman–Crippen LogP) is 2.25. The number of hydrogen-bond donors (Lipinski definition) is 0. The predicted molar refractivity (Wildman–Crippen MR) is 29.4 cm³/mol. The molecule has 0 aliphatic carbocycles. The van der Waals surface area contributed by atoms with Gasteiger partial charge in [0.25, 0.3) is 0 Å². The van der Waals surface area contributed by atoms with E-state index in [4.69, 9.17) is 0 Å². The monoisotopic (exact) mass is 149 g/mol. The third kappa shape index (κ3) is 10.8. The van der Waals surface area contributed by atoms with Crippen molar-refractivity contribution < 1.29 is 19.5 Å². The number of hydrogen-bond acceptors (Lipinski definition) is 0. The van der Waals surface area contributed by atoms with E-state index in [-0.39, 0.29) is 19.5 Å². The summed E-state index contributed by atoms with van der Waals surface area (Å²) in [7, 11) is 0. The zero-order chi connectivity index (χ0) is 4.99. The Morgan fingerprint density at radius 2 is 2.00 bits per heavy atom. The topological polar surface area (TPSA) is 0 Å². The fourth-order valence-corrected chi connectivity index (χ4v) is 0.493. The molecule has 0 aromatic rings. The van der Waals surface area contributed by atoms with Crippen molar-refractivity contribution in [1.82, 2.24) is 0 Å². The maximum absolute atomic E-state index is 3.83. The largest absolute Gasteiger partial charge is 0.341 e. The van der Waals surface area contributed by atoms with Gasteiger partial charge in [-0.3, -0.25) is 0 Å². The fourth-order valence-electron chi connectivity index (χ4n) is 0.493. The molecule has 1 unspecified atom stereocenters. The molecular formula is C6H13Zn-. The molecule has 0 nitrogen and oxygen atoms in total. The van der Waals surface area contributed by atoms with Crippen molar-refractivity contribution in [1.29, 1.82) is 0 Å². The fraction of sp³-hybridized carbons (Fsp3) is 0.833. The zero-order valence-corrected chi connectivity index (χ0v) is 8.37. The van der Waals surface area contributed by atoms with E-state index in [0.29, 0.717) is 5.92 Å². The molecule has 0 heterocycles. The summed E-state index contributed by atoms with van der Waals surface area (Å²) < 4.78 is 0. The quantitative estimate of drug-likeness (QED) is 0.419. The van der Waals surface area contributed by atoms with Crippen molar-refractivity contribution in [3.05, 3.63) is 6.92 Å². The average Bonchev–Trinajstić information content (AvgIpc) is 1.35. The standard InChI is InChI=1S/C6H13.Zn/c1-4-5-6(2)3;/h6H,2,4-5H2,1,3H3;/q-1;. The Bertz CT molecular complexity index is 25.4. The summed E-state index contributed by atoms with van der Waals surface area (Å²) in [4.78, 5) is 0. The van der Waals surface area contributed by atoms with Crippen LogP contribution in [0, 0.1) is 12.8 Å². The molecule has 0 aliphatic rings. The average molecular weight is 151 g/mol. The van der Waals surface area contributed by atoms with Crippen molar-refractivity contribution in [3.63, 3.8) is 0 Å². The molecule has 0 saturated heterocycles. The summed E-state index contributed by atoms with van der Waals surface area (Å²) in [5.41, 5.74) is 0. The van der Waals surface area contributed by atoms with Crippen LogP contribution in [-0.4, -0.2) is 0 Å². The van der Waals surface area contributed by atoms with Crippen LogP contribution in [0.3, 0.4) is 0 Å². The Hall–Kier alpha value is 0.623. The second-order valence-electron chi connectivity index (χ2n) is 1.89. The molecule has 0 N–H and O–H groups in total. The van der Waals surface area contributed by atoms with Gasteiger partial charge in [-0.1, -0.05) is 26.7 Å². The van der Waals surface area contributed by atoms with E-state index in [1.165, 1.54) is 12.8 Å². The Kier molecular flexibility index (Phi) is 10.0. The molecule has 0 fully saturated rings. The van der Waals surface area contributed by atoms with Crippen LogP contribution in [0.1, 0.15) is 26.7 Å². The van der Waals surface area contributed by atoms with Crippen LogP contribution in [0.5, 0.6) is 0 Å². The molecule has 0 bridgehead atoms. The summed E-state index contributed by atoms with van der Waals surface area (Å²) in [5, 5.41) is 0. The van der Waals surface area contributed by atoms with Crippen LogP contribution in [0.4, 0.5) is 0 Å². The van der Waals surface area contributed by atoms with E-state index in [9.17, 15) is 0 Å². The van der Waals surface area contributed by atoms with Gasteiger partial charge in [-0.05, 0) is 0 Å². The Morgan fingerprint density at radius 3 is 2.00 bits per heavy atom. The molecule has 0 saturated carbocycles. The van der Waals surface area contributed by atoms with E-state index < -0.39 is 0 Å². The minimum atomic E-state index is 0. The molecule has 0 aromatic heterocycles. The van der Waals surface area contributed by atoms with Crippen molar-refractivity contribution >= 4 is 0 Å². The van der Waals surface area contributed by atoms with Crippen molar-refractivity contribution in [3.8, 4) is 0 Å². The maximum atomic E-state index is 3.83. The molecular weight excluding hydrogens is 137 g/mol. The second-order valence-corrected chi connectivity index (χ2v) is 1.89. The van der Waals surface area contributed by atoms with E-state index in [0.717, 1.165) is 0 Å². The normalized spacial score (nSPS) is 12.4. The van der Waals surface area contributed by atoms with Crippen molar-refractivity contribution in [2.24, 2.45) is 5.92 Å². The summed E-state index contributed by atoms with van der Waals surface area (Å²) in [6, 6.07) is 0. The van der Waals surface area contributed by atoms with E-state index >= 15 is 0 Å². The molecule has 7 heavy (non-hydrogen) atoms. The molecule has 0 amide bonds. The van der Waals surface area contributed by atoms with Crippen LogP contribution < -0.4 is 0 Å². The summed E-state index contributed by atoms with van der Waals surface area (Å²) in [5.74, 6) is 0.648. The minimum Gasteiger partial charge on any atom is -0.341 e. The van der Waals surface area contributed by atoms with Crippen LogP contribution in [0.2, 0.25) is 0 Å². The van der Waals surface area contributed by atoms with Gasteiger partial charge >= 0.3 is 0 Å². The van der Waals surface area contributed by atoms with E-state index in [1.807, 2.05) is 0 Å². The minimum absolute atomic E-state index is 0. The summed E-state index contributed by atoms with van der Waals surface area (Å²) in [6.07, 6.45) is 2.53. The van der Waals surface area contributed by atoms with Gasteiger partial charge in [-0.2, -0.15) is 5.92 Å². The Balaban J connectivity index is 0. The molecule has 0 rings (SSSR count). The van der Waals surface area contributed by atoms with Gasteiger partial charge in [0.15, 0.2) is 0 Å². The van der Waals surface area contributed by atoms with Gasteiger partial charge < -0.3 is 6.92 Å². The molecule has 0 aliphatic heterocycles. The summed E-state index contributed by atoms with van der Waals surface area (Å²) in [6.45, 7) is 8.15. The van der Waals surface area contributed by atoms with Gasteiger partial charge in [-0.25, -0.2) is 0 Å². The molecule has 40 valence electrons. The van der Waals surface area contributed by atoms with Gasteiger partial charge in [0.2, 0.25) is 0 Å². The van der Waals surface area contributed by atoms with Gasteiger partial charge in [-0.15, -0.1) is 0 Å². The van der Waals surface area contributed by atoms with E-state index in [1.54, 1.807) is 0 Å². The van der Waals surface area contributed by atoms with Crippen LogP contribution >= 0.6 is 0 Å². The smallest absolute Gasteiger partial charge is 0 e. The first kappa shape index (κ1) is 10.6. The van der Waals surface area contributed by atoms with Crippen LogP contribution in [-0.2, 0) is 19.5 Å². The van der Waals surface area contributed by atoms with Crippen LogP contribution in [0.25, 0.3) is 0 Å². The molecule has 0 radical (unpaired) electrons. The third-order valence-corrected chi connectivity index (χ3v) is 0.781. The Labute approximate surface area is 59.4 Å². The number of rotatable bonds is 2. The van der Waals surface area contributed by atoms with Crippen molar-refractivity contribution in [2.45, 2.75) is 26.7 Å². The first-order valence-electron chi connectivity index (χ1n) is 2.60. The molecule has 1 atom stereocenters. The van der Waals surface area contributed by atoms with Crippen molar-refractivity contribution in [2.75, 3.05) is 0 Å². The second kappa shape index (κ2) is 6.62. The van der Waals surface area contributed by atoms with Gasteiger partial charge in [0.05, 0.1) is 0 Å². The molecule has 0 aromatic carbocycles. The maximum Gasteiger partial charge on any atom is 0 e.